The van der Waals surface area contributed by atoms with Crippen LogP contribution < -0.4 is 0 Å². The minimum absolute atomic E-state index is 0.0135. The van der Waals surface area contributed by atoms with Crippen LogP contribution in [-0.4, -0.2) is 15.1 Å². The molecule has 2 aromatic rings. The van der Waals surface area contributed by atoms with E-state index in [1.807, 2.05) is 0 Å². The van der Waals surface area contributed by atoms with Gasteiger partial charge in [-0.3, -0.25) is 15.2 Å². The lowest BCUT2D eigenvalue weighted by atomic mass is 10.1. The van der Waals surface area contributed by atoms with Crippen molar-refractivity contribution in [2.75, 3.05) is 0 Å². The molecule has 0 spiro atoms. The predicted molar refractivity (Wildman–Crippen MR) is 59.5 cm³/mol. The molecule has 84 valence electrons. The lowest BCUT2D eigenvalue weighted by Gasteiger charge is -1.95. The van der Waals surface area contributed by atoms with Crippen LogP contribution in [0.25, 0.3) is 21.7 Å². The minimum Gasteiger partial charge on any atom is -0.275 e. The Morgan fingerprint density at radius 2 is 2.12 bits per heavy atom. The van der Waals surface area contributed by atoms with E-state index in [-0.39, 0.29) is 5.69 Å². The van der Waals surface area contributed by atoms with Crippen molar-refractivity contribution in [1.29, 1.82) is 0 Å². The molecule has 8 nitrogen and oxygen atoms in total. The average Bonchev–Trinajstić information content (AvgIpc) is 2.78. The summed E-state index contributed by atoms with van der Waals surface area (Å²) in [5.74, 6) is 0.292. The van der Waals surface area contributed by atoms with E-state index in [4.69, 9.17) is 5.53 Å². The van der Waals surface area contributed by atoms with Gasteiger partial charge in [0.25, 0.3) is 5.69 Å². The van der Waals surface area contributed by atoms with Gasteiger partial charge < -0.3 is 0 Å². The first-order valence-corrected chi connectivity index (χ1v) is 4.56. The molecule has 8 heteroatoms. The number of nitrogens with zero attached hydrogens (tertiary/aromatic N) is 5. The number of non-ortho nitro benzene ring substituents is 1. The highest BCUT2D eigenvalue weighted by Gasteiger charge is 2.07. The highest BCUT2D eigenvalue weighted by atomic mass is 16.6. The summed E-state index contributed by atoms with van der Waals surface area (Å²) >= 11 is 0. The van der Waals surface area contributed by atoms with E-state index in [1.54, 1.807) is 18.2 Å². The van der Waals surface area contributed by atoms with Gasteiger partial charge in [0, 0.05) is 22.6 Å². The van der Waals surface area contributed by atoms with Crippen molar-refractivity contribution in [2.45, 2.75) is 0 Å². The van der Waals surface area contributed by atoms with E-state index in [0.29, 0.717) is 17.1 Å². The zero-order chi connectivity index (χ0) is 12.3. The summed E-state index contributed by atoms with van der Waals surface area (Å²) < 4.78 is 0. The van der Waals surface area contributed by atoms with Crippen molar-refractivity contribution in [2.24, 2.45) is 5.11 Å². The van der Waals surface area contributed by atoms with Crippen molar-refractivity contribution >= 4 is 11.5 Å². The van der Waals surface area contributed by atoms with Crippen LogP contribution >= 0.6 is 0 Å². The van der Waals surface area contributed by atoms with Crippen LogP contribution in [0.3, 0.4) is 0 Å². The van der Waals surface area contributed by atoms with Crippen LogP contribution in [-0.2, 0) is 0 Å². The molecule has 1 N–H and O–H groups in total. The van der Waals surface area contributed by atoms with E-state index < -0.39 is 4.92 Å². The van der Waals surface area contributed by atoms with Crippen molar-refractivity contribution < 1.29 is 4.92 Å². The molecule has 0 atom stereocenters. The zero-order valence-corrected chi connectivity index (χ0v) is 8.44. The normalized spacial score (nSPS) is 9.65. The Hall–Kier alpha value is -2.86. The van der Waals surface area contributed by atoms with E-state index in [0.717, 1.165) is 0 Å². The molecular weight excluding hydrogens is 224 g/mol. The Kier molecular flexibility index (Phi) is 2.71. The monoisotopic (exact) mass is 230 g/mol. The molecule has 1 aromatic heterocycles. The maximum absolute atomic E-state index is 10.5. The van der Waals surface area contributed by atoms with Gasteiger partial charge >= 0.3 is 0 Å². The molecule has 1 heterocycles. The van der Waals surface area contributed by atoms with Gasteiger partial charge in [0.15, 0.2) is 0 Å². The van der Waals surface area contributed by atoms with Gasteiger partial charge in [0.1, 0.15) is 5.82 Å². The Bertz CT molecular complexity index is 596. The number of aromatic nitrogens is 2. The molecule has 17 heavy (non-hydrogen) atoms. The molecule has 0 aliphatic heterocycles. The summed E-state index contributed by atoms with van der Waals surface area (Å²) in [6, 6.07) is 7.48. The summed E-state index contributed by atoms with van der Waals surface area (Å²) in [7, 11) is 0. The highest BCUT2D eigenvalue weighted by molar-refractivity contribution is 5.63. The first-order chi connectivity index (χ1) is 8.20. The third kappa shape index (κ3) is 2.21. The Balaban J connectivity index is 2.32. The Labute approximate surface area is 94.7 Å². The fraction of sp³-hybridized carbons (Fsp3) is 0. The van der Waals surface area contributed by atoms with Crippen molar-refractivity contribution in [3.63, 3.8) is 0 Å². The fourth-order valence-corrected chi connectivity index (χ4v) is 1.31. The van der Waals surface area contributed by atoms with Crippen LogP contribution in [0.2, 0.25) is 0 Å². The molecule has 0 bridgehead atoms. The molecule has 0 saturated heterocycles. The van der Waals surface area contributed by atoms with Crippen LogP contribution in [0.5, 0.6) is 0 Å². The minimum atomic E-state index is -0.472. The SMILES string of the molecule is [N-]=[N+]=Nc1cc(-c2ccc([N+](=O)[O-])cc2)n[nH]1. The number of benzene rings is 1. The van der Waals surface area contributed by atoms with E-state index >= 15 is 0 Å². The van der Waals surface area contributed by atoms with Crippen LogP contribution in [0.15, 0.2) is 35.4 Å². The lowest BCUT2D eigenvalue weighted by Crippen LogP contribution is -1.87. The Morgan fingerprint density at radius 1 is 1.41 bits per heavy atom. The molecule has 2 rings (SSSR count). The number of H-pyrrole nitrogens is 1. The molecule has 0 aliphatic rings. The maximum atomic E-state index is 10.5. The third-order valence-corrected chi connectivity index (χ3v) is 2.09. The van der Waals surface area contributed by atoms with Crippen LogP contribution in [0, 0.1) is 10.1 Å². The van der Waals surface area contributed by atoms with Crippen molar-refractivity contribution in [3.05, 3.63) is 50.9 Å². The molecule has 0 fully saturated rings. The zero-order valence-electron chi connectivity index (χ0n) is 8.44. The predicted octanol–water partition coefficient (Wildman–Crippen LogP) is 2.93. The summed E-state index contributed by atoms with van der Waals surface area (Å²) in [6.07, 6.45) is 0. The number of hydrogen-bond donors (Lipinski definition) is 1. The molecular formula is C9H6N6O2. The van der Waals surface area contributed by atoms with Gasteiger partial charge in [-0.25, -0.2) is 0 Å². The fourth-order valence-electron chi connectivity index (χ4n) is 1.31. The van der Waals surface area contributed by atoms with Gasteiger partial charge in [0.05, 0.1) is 10.6 Å². The highest BCUT2D eigenvalue weighted by Crippen LogP contribution is 2.23. The summed E-state index contributed by atoms with van der Waals surface area (Å²) in [6.45, 7) is 0. The summed E-state index contributed by atoms with van der Waals surface area (Å²) in [4.78, 5) is 12.6. The Morgan fingerprint density at radius 3 is 2.71 bits per heavy atom. The first-order valence-electron chi connectivity index (χ1n) is 4.56. The second kappa shape index (κ2) is 4.33. The van der Waals surface area contributed by atoms with Gasteiger partial charge in [-0.15, -0.1) is 0 Å². The maximum Gasteiger partial charge on any atom is 0.269 e. The molecule has 0 amide bonds. The number of nitro groups is 1. The number of aromatic amines is 1. The van der Waals surface area contributed by atoms with Crippen LogP contribution in [0.1, 0.15) is 0 Å². The second-order valence-electron chi connectivity index (χ2n) is 3.13. The standard InChI is InChI=1S/C9H6N6O2/c10-14-13-9-5-8(11-12-9)6-1-3-7(4-2-6)15(16)17/h1-5H,(H,11,12). The smallest absolute Gasteiger partial charge is 0.269 e. The average molecular weight is 230 g/mol. The molecule has 1 aromatic carbocycles. The number of nitrogens with one attached hydrogen (secondary N) is 1. The number of azide groups is 1. The van der Waals surface area contributed by atoms with Crippen molar-refractivity contribution in [3.8, 4) is 11.3 Å². The lowest BCUT2D eigenvalue weighted by molar-refractivity contribution is -0.384. The second-order valence-corrected chi connectivity index (χ2v) is 3.13. The van der Waals surface area contributed by atoms with Gasteiger partial charge in [0.2, 0.25) is 0 Å². The summed E-state index contributed by atoms with van der Waals surface area (Å²) in [5, 5.41) is 20.3. The van der Waals surface area contributed by atoms with Gasteiger partial charge in [-0.1, -0.05) is 0 Å². The largest absolute Gasteiger partial charge is 0.275 e. The molecule has 0 saturated carbocycles. The summed E-state index contributed by atoms with van der Waals surface area (Å²) in [5.41, 5.74) is 9.50. The van der Waals surface area contributed by atoms with Crippen molar-refractivity contribution in [1.82, 2.24) is 10.2 Å². The van der Waals surface area contributed by atoms with E-state index in [1.165, 1.54) is 12.1 Å². The van der Waals surface area contributed by atoms with Crippen LogP contribution in [0.4, 0.5) is 11.5 Å². The van der Waals surface area contributed by atoms with Gasteiger partial charge in [-0.2, -0.15) is 5.10 Å². The molecule has 0 unspecified atom stereocenters. The van der Waals surface area contributed by atoms with E-state index in [9.17, 15) is 10.1 Å². The molecule has 0 aliphatic carbocycles. The third-order valence-electron chi connectivity index (χ3n) is 2.09. The first kappa shape index (κ1) is 10.7. The van der Waals surface area contributed by atoms with E-state index in [2.05, 4.69) is 20.2 Å². The number of rotatable bonds is 3. The van der Waals surface area contributed by atoms with Gasteiger partial charge in [-0.05, 0) is 28.8 Å². The topological polar surface area (TPSA) is 121 Å². The molecule has 0 radical (unpaired) electrons. The number of hydrogen-bond acceptors (Lipinski definition) is 4. The quantitative estimate of drug-likeness (QED) is 0.286. The number of nitro benzene ring substituents is 1.